The van der Waals surface area contributed by atoms with E-state index in [1.807, 2.05) is 0 Å². The molecule has 0 fully saturated rings. The summed E-state index contributed by atoms with van der Waals surface area (Å²) in [5.41, 5.74) is 0.220. The molecule has 1 aliphatic rings. The number of carbonyl (C=O) groups is 1. The molecule has 1 heterocycles. The monoisotopic (exact) mass is 229 g/mol. The Labute approximate surface area is 86.4 Å². The summed E-state index contributed by atoms with van der Waals surface area (Å²) in [6.45, 7) is 0. The molecule has 0 spiro atoms. The fourth-order valence-corrected chi connectivity index (χ4v) is 2.82. The summed E-state index contributed by atoms with van der Waals surface area (Å²) in [6, 6.07) is 3.33. The molecule has 0 bridgehead atoms. The second-order valence-corrected chi connectivity index (χ2v) is 5.23. The molecular weight excluding hydrogens is 221 g/mol. The van der Waals surface area contributed by atoms with E-state index in [-0.39, 0.29) is 16.9 Å². The van der Waals surface area contributed by atoms with E-state index >= 15 is 0 Å². The van der Waals surface area contributed by atoms with Gasteiger partial charge in [0, 0.05) is 7.05 Å². The Balaban J connectivity index is 2.72. The van der Waals surface area contributed by atoms with Crippen molar-refractivity contribution in [1.82, 2.24) is 4.31 Å². The van der Waals surface area contributed by atoms with Gasteiger partial charge in [0.25, 0.3) is 10.0 Å². The predicted molar refractivity (Wildman–Crippen MR) is 50.1 cm³/mol. The van der Waals surface area contributed by atoms with Gasteiger partial charge in [0.1, 0.15) is 5.82 Å². The molecule has 4 nitrogen and oxygen atoms in total. The number of halogens is 1. The maximum atomic E-state index is 12.9. The molecule has 0 atom stereocenters. The fraction of sp³-hybridized carbons (Fsp3) is 0.222. The van der Waals surface area contributed by atoms with Gasteiger partial charge in [-0.2, -0.15) is 0 Å². The number of rotatable bonds is 0. The largest absolute Gasteiger partial charge is 0.273 e. The maximum absolute atomic E-state index is 12.9. The van der Waals surface area contributed by atoms with Gasteiger partial charge < -0.3 is 0 Å². The minimum absolute atomic E-state index is 0.00556. The highest BCUT2D eigenvalue weighted by Gasteiger charge is 2.33. The van der Waals surface area contributed by atoms with E-state index in [4.69, 9.17) is 0 Å². The number of sulfonamides is 1. The van der Waals surface area contributed by atoms with E-state index in [0.717, 1.165) is 12.1 Å². The molecule has 0 saturated carbocycles. The summed E-state index contributed by atoms with van der Waals surface area (Å²) in [5.74, 6) is -1.09. The number of hydrogen-bond acceptors (Lipinski definition) is 3. The zero-order valence-electron chi connectivity index (χ0n) is 7.90. The molecule has 1 aromatic rings. The highest BCUT2D eigenvalue weighted by molar-refractivity contribution is 7.89. The van der Waals surface area contributed by atoms with Crippen LogP contribution >= 0.6 is 0 Å². The summed E-state index contributed by atoms with van der Waals surface area (Å²) < 4.78 is 37.0. The van der Waals surface area contributed by atoms with Crippen LogP contribution in [0.2, 0.25) is 0 Å². The molecule has 80 valence electrons. The summed E-state index contributed by atoms with van der Waals surface area (Å²) in [7, 11) is -2.57. The highest BCUT2D eigenvalue weighted by atomic mass is 32.2. The second-order valence-electron chi connectivity index (χ2n) is 3.30. The first-order chi connectivity index (χ1) is 6.93. The van der Waals surface area contributed by atoms with Crippen LogP contribution in [0.4, 0.5) is 4.39 Å². The molecule has 0 unspecified atom stereocenters. The number of fused-ring (bicyclic) bond motifs is 1. The van der Waals surface area contributed by atoms with Crippen LogP contribution in [0.1, 0.15) is 5.56 Å². The van der Waals surface area contributed by atoms with Crippen molar-refractivity contribution in [1.29, 1.82) is 0 Å². The standard InChI is InChI=1S/C9H8FNO3S/c1-11-9(12)5-6-4-7(10)2-3-8(6)15(11,13)14/h2-4H,5H2,1H3. The van der Waals surface area contributed by atoms with Crippen molar-refractivity contribution in [3.8, 4) is 0 Å². The van der Waals surface area contributed by atoms with Crippen molar-refractivity contribution < 1.29 is 17.6 Å². The van der Waals surface area contributed by atoms with Gasteiger partial charge in [0.05, 0.1) is 11.3 Å². The zero-order valence-corrected chi connectivity index (χ0v) is 8.71. The maximum Gasteiger partial charge on any atom is 0.266 e. The van der Waals surface area contributed by atoms with E-state index in [2.05, 4.69) is 0 Å². The van der Waals surface area contributed by atoms with Crippen LogP contribution in [0, 0.1) is 5.82 Å². The first kappa shape index (κ1) is 10.1. The predicted octanol–water partition coefficient (Wildman–Crippen LogP) is 0.529. The van der Waals surface area contributed by atoms with Gasteiger partial charge in [-0.25, -0.2) is 17.1 Å². The van der Waals surface area contributed by atoms with Crippen LogP contribution in [0.25, 0.3) is 0 Å². The van der Waals surface area contributed by atoms with E-state index in [1.54, 1.807) is 0 Å². The number of amides is 1. The third-order valence-corrected chi connectivity index (χ3v) is 4.23. The van der Waals surface area contributed by atoms with E-state index in [0.29, 0.717) is 4.31 Å². The second kappa shape index (κ2) is 3.03. The van der Waals surface area contributed by atoms with Gasteiger partial charge in [-0.1, -0.05) is 0 Å². The lowest BCUT2D eigenvalue weighted by Crippen LogP contribution is -2.38. The lowest BCUT2D eigenvalue weighted by Gasteiger charge is -2.24. The average molecular weight is 229 g/mol. The Morgan fingerprint density at radius 2 is 2.07 bits per heavy atom. The molecule has 0 radical (unpaired) electrons. The molecule has 0 saturated heterocycles. The molecular formula is C9H8FNO3S. The van der Waals surface area contributed by atoms with Crippen LogP contribution in [-0.4, -0.2) is 25.7 Å². The number of likely N-dealkylation sites (N-methyl/N-ethyl adjacent to an activating group) is 1. The van der Waals surface area contributed by atoms with Crippen molar-refractivity contribution in [2.45, 2.75) is 11.3 Å². The third-order valence-electron chi connectivity index (χ3n) is 2.35. The highest BCUT2D eigenvalue weighted by Crippen LogP contribution is 2.26. The van der Waals surface area contributed by atoms with Crippen LogP contribution < -0.4 is 0 Å². The zero-order chi connectivity index (χ0) is 11.2. The summed E-state index contributed by atoms with van der Waals surface area (Å²) in [6.07, 6.45) is -0.0805. The number of nitrogens with zero attached hydrogens (tertiary/aromatic N) is 1. The van der Waals surface area contributed by atoms with Crippen molar-refractivity contribution in [3.05, 3.63) is 29.6 Å². The van der Waals surface area contributed by atoms with Crippen LogP contribution in [0.15, 0.2) is 23.1 Å². The average Bonchev–Trinajstić information content (AvgIpc) is 2.14. The summed E-state index contributed by atoms with van der Waals surface area (Å²) >= 11 is 0. The van der Waals surface area contributed by atoms with E-state index < -0.39 is 21.7 Å². The summed E-state index contributed by atoms with van der Waals surface area (Å²) in [4.78, 5) is 11.3. The number of hydrogen-bond donors (Lipinski definition) is 0. The van der Waals surface area contributed by atoms with Crippen molar-refractivity contribution in [2.75, 3.05) is 7.05 Å². The van der Waals surface area contributed by atoms with E-state index in [1.165, 1.54) is 13.1 Å². The minimum Gasteiger partial charge on any atom is -0.273 e. The normalized spacial score (nSPS) is 18.8. The van der Waals surface area contributed by atoms with Gasteiger partial charge in [0.15, 0.2) is 0 Å². The molecule has 0 aliphatic carbocycles. The van der Waals surface area contributed by atoms with E-state index in [9.17, 15) is 17.6 Å². The lowest BCUT2D eigenvalue weighted by atomic mass is 10.1. The quantitative estimate of drug-likeness (QED) is 0.652. The van der Waals surface area contributed by atoms with Crippen LogP contribution in [0.5, 0.6) is 0 Å². The molecule has 0 aromatic heterocycles. The Morgan fingerprint density at radius 1 is 1.40 bits per heavy atom. The van der Waals surface area contributed by atoms with Gasteiger partial charge in [0.2, 0.25) is 5.91 Å². The topological polar surface area (TPSA) is 54.5 Å². The van der Waals surface area contributed by atoms with Gasteiger partial charge in [-0.3, -0.25) is 4.79 Å². The SMILES string of the molecule is CN1C(=O)Cc2cc(F)ccc2S1(=O)=O. The first-order valence-corrected chi connectivity index (χ1v) is 5.67. The molecule has 0 N–H and O–H groups in total. The Kier molecular flexibility index (Phi) is 2.04. The van der Waals surface area contributed by atoms with Crippen LogP contribution in [0.3, 0.4) is 0 Å². The first-order valence-electron chi connectivity index (χ1n) is 4.23. The number of carbonyl (C=O) groups excluding carboxylic acids is 1. The summed E-state index contributed by atoms with van der Waals surface area (Å²) in [5, 5.41) is 0. The van der Waals surface area contributed by atoms with Gasteiger partial charge in [-0.15, -0.1) is 0 Å². The molecule has 1 aromatic carbocycles. The molecule has 1 amide bonds. The van der Waals surface area contributed by atoms with Gasteiger partial charge >= 0.3 is 0 Å². The van der Waals surface area contributed by atoms with Crippen molar-refractivity contribution in [3.63, 3.8) is 0 Å². The molecule has 6 heteroatoms. The third kappa shape index (κ3) is 1.41. The van der Waals surface area contributed by atoms with Gasteiger partial charge in [-0.05, 0) is 23.8 Å². The van der Waals surface area contributed by atoms with Crippen LogP contribution in [-0.2, 0) is 21.2 Å². The fourth-order valence-electron chi connectivity index (χ4n) is 1.49. The molecule has 15 heavy (non-hydrogen) atoms. The Bertz CT molecular complexity index is 538. The van der Waals surface area contributed by atoms with Crippen molar-refractivity contribution >= 4 is 15.9 Å². The number of benzene rings is 1. The lowest BCUT2D eigenvalue weighted by molar-refractivity contribution is -0.125. The Hall–Kier alpha value is -1.43. The molecule has 2 rings (SSSR count). The molecule has 1 aliphatic heterocycles. The minimum atomic E-state index is -3.77. The smallest absolute Gasteiger partial charge is 0.266 e. The van der Waals surface area contributed by atoms with Crippen molar-refractivity contribution in [2.24, 2.45) is 0 Å². The Morgan fingerprint density at radius 3 is 2.73 bits per heavy atom.